The molecule has 0 aromatic heterocycles. The Morgan fingerprint density at radius 3 is 2.33 bits per heavy atom. The van der Waals surface area contributed by atoms with E-state index in [0.717, 1.165) is 12.8 Å². The minimum absolute atomic E-state index is 0.0861. The molecule has 2 rings (SSSR count). The predicted molar refractivity (Wildman–Crippen MR) is 49.3 cm³/mol. The number of Topliss-reactive ketones (excluding diaryl/α,β-unsaturated/α-hetero) is 1. The maximum Gasteiger partial charge on any atom is 0.146 e. The number of ketones is 1. The molecule has 0 unspecified atom stereocenters. The van der Waals surface area contributed by atoms with Gasteiger partial charge in [-0.05, 0) is 18.8 Å². The fraction of sp³-hybridized carbons (Fsp3) is 0.900. The Kier molecular flexibility index (Phi) is 1.47. The van der Waals surface area contributed by atoms with Crippen LogP contribution in [0.25, 0.3) is 0 Å². The SMILES string of the molecule is CC1(C)C(=O)[C@]2(C)C[C@H]1C[C@H]2Cl. The average Bonchev–Trinajstić information content (AvgIpc) is 2.34. The van der Waals surface area contributed by atoms with Crippen molar-refractivity contribution in [3.63, 3.8) is 0 Å². The summed E-state index contributed by atoms with van der Waals surface area (Å²) in [6.45, 7) is 6.16. The quantitative estimate of drug-likeness (QED) is 0.532. The van der Waals surface area contributed by atoms with E-state index in [-0.39, 0.29) is 16.2 Å². The van der Waals surface area contributed by atoms with E-state index in [2.05, 4.69) is 13.8 Å². The van der Waals surface area contributed by atoms with E-state index in [9.17, 15) is 4.79 Å². The normalized spacial score (nSPS) is 50.2. The van der Waals surface area contributed by atoms with Crippen LogP contribution in [0.4, 0.5) is 0 Å². The molecule has 2 fully saturated rings. The molecule has 3 atom stereocenters. The molecular weight excluding hydrogens is 172 g/mol. The summed E-state index contributed by atoms with van der Waals surface area (Å²) in [7, 11) is 0. The van der Waals surface area contributed by atoms with E-state index in [4.69, 9.17) is 11.6 Å². The van der Waals surface area contributed by atoms with Gasteiger partial charge >= 0.3 is 0 Å². The second kappa shape index (κ2) is 2.06. The monoisotopic (exact) mass is 186 g/mol. The number of carbonyl (C=O) groups excluding carboxylic acids is 1. The lowest BCUT2D eigenvalue weighted by Gasteiger charge is -2.34. The molecule has 0 spiro atoms. The third-order valence-corrected chi connectivity index (χ3v) is 4.64. The Balaban J connectivity index is 2.43. The largest absolute Gasteiger partial charge is 0.298 e. The first-order valence-corrected chi connectivity index (χ1v) is 5.01. The van der Waals surface area contributed by atoms with Gasteiger partial charge in [0, 0.05) is 16.2 Å². The summed E-state index contributed by atoms with van der Waals surface area (Å²) in [5.74, 6) is 0.906. The number of carbonyl (C=O) groups is 1. The van der Waals surface area contributed by atoms with E-state index in [1.54, 1.807) is 0 Å². The van der Waals surface area contributed by atoms with Crippen molar-refractivity contribution in [2.75, 3.05) is 0 Å². The second-order valence-electron chi connectivity index (χ2n) is 5.07. The highest BCUT2D eigenvalue weighted by Crippen LogP contribution is 2.61. The van der Waals surface area contributed by atoms with Gasteiger partial charge in [0.25, 0.3) is 0 Å². The molecule has 0 aromatic carbocycles. The van der Waals surface area contributed by atoms with Crippen LogP contribution in [-0.4, -0.2) is 11.2 Å². The molecule has 2 bridgehead atoms. The molecule has 2 heteroatoms. The molecule has 0 aromatic rings. The summed E-state index contributed by atoms with van der Waals surface area (Å²) in [5, 5.41) is 0.0861. The van der Waals surface area contributed by atoms with E-state index in [0.29, 0.717) is 11.7 Å². The smallest absolute Gasteiger partial charge is 0.146 e. The molecule has 0 saturated heterocycles. The third-order valence-electron chi connectivity index (χ3n) is 3.98. The van der Waals surface area contributed by atoms with Gasteiger partial charge in [-0.15, -0.1) is 11.6 Å². The van der Waals surface area contributed by atoms with Crippen molar-refractivity contribution in [3.05, 3.63) is 0 Å². The summed E-state index contributed by atoms with van der Waals surface area (Å²) in [5.41, 5.74) is -0.324. The highest BCUT2D eigenvalue weighted by Gasteiger charge is 2.63. The van der Waals surface area contributed by atoms with Crippen LogP contribution in [0.1, 0.15) is 33.6 Å². The molecular formula is C10H15ClO. The van der Waals surface area contributed by atoms with E-state index in [1.165, 1.54) is 0 Å². The number of fused-ring (bicyclic) bond motifs is 2. The van der Waals surface area contributed by atoms with Crippen molar-refractivity contribution in [3.8, 4) is 0 Å². The van der Waals surface area contributed by atoms with Crippen LogP contribution in [0.2, 0.25) is 0 Å². The summed E-state index contributed by atoms with van der Waals surface area (Å²) >= 11 is 6.15. The molecule has 2 aliphatic carbocycles. The number of rotatable bonds is 0. The summed E-state index contributed by atoms with van der Waals surface area (Å²) in [6.07, 6.45) is 2.03. The molecule has 2 saturated carbocycles. The molecule has 0 amide bonds. The number of halogens is 1. The zero-order chi connectivity index (χ0) is 9.15. The van der Waals surface area contributed by atoms with Crippen LogP contribution >= 0.6 is 11.6 Å². The Bertz CT molecular complexity index is 246. The minimum Gasteiger partial charge on any atom is -0.298 e. The fourth-order valence-corrected chi connectivity index (χ4v) is 3.34. The van der Waals surface area contributed by atoms with Crippen LogP contribution < -0.4 is 0 Å². The van der Waals surface area contributed by atoms with E-state index < -0.39 is 0 Å². The summed E-state index contributed by atoms with van der Waals surface area (Å²) in [6, 6.07) is 0. The van der Waals surface area contributed by atoms with Crippen LogP contribution in [0, 0.1) is 16.7 Å². The van der Waals surface area contributed by atoms with Crippen molar-refractivity contribution < 1.29 is 4.79 Å². The van der Waals surface area contributed by atoms with Gasteiger partial charge in [-0.1, -0.05) is 20.8 Å². The van der Waals surface area contributed by atoms with Crippen LogP contribution in [0.3, 0.4) is 0 Å². The summed E-state index contributed by atoms with van der Waals surface area (Å²) < 4.78 is 0. The lowest BCUT2D eigenvalue weighted by Crippen LogP contribution is -2.41. The lowest BCUT2D eigenvalue weighted by molar-refractivity contribution is -0.134. The van der Waals surface area contributed by atoms with Gasteiger partial charge in [0.2, 0.25) is 0 Å². The standard InChI is InChI=1S/C10H15ClO/c1-9(2)6-4-7(11)10(3,5-6)8(9)12/h6-7H,4-5H2,1-3H3/t6-,7-,10-/m1/s1. The zero-order valence-electron chi connectivity index (χ0n) is 7.86. The van der Waals surface area contributed by atoms with Gasteiger partial charge in [-0.3, -0.25) is 4.79 Å². The highest BCUT2D eigenvalue weighted by molar-refractivity contribution is 6.24. The molecule has 0 heterocycles. The fourth-order valence-electron chi connectivity index (χ4n) is 2.94. The van der Waals surface area contributed by atoms with E-state index >= 15 is 0 Å². The molecule has 1 nitrogen and oxygen atoms in total. The van der Waals surface area contributed by atoms with Crippen molar-refractivity contribution in [1.29, 1.82) is 0 Å². The maximum absolute atomic E-state index is 11.9. The van der Waals surface area contributed by atoms with Crippen molar-refractivity contribution in [1.82, 2.24) is 0 Å². The Hall–Kier alpha value is -0.0400. The third kappa shape index (κ3) is 0.736. The van der Waals surface area contributed by atoms with Gasteiger partial charge in [0.15, 0.2) is 0 Å². The molecule has 0 N–H and O–H groups in total. The molecule has 0 radical (unpaired) electrons. The van der Waals surface area contributed by atoms with E-state index in [1.807, 2.05) is 6.92 Å². The Morgan fingerprint density at radius 2 is 2.00 bits per heavy atom. The van der Waals surface area contributed by atoms with Gasteiger partial charge in [0.1, 0.15) is 5.78 Å². The number of hydrogen-bond donors (Lipinski definition) is 0. The van der Waals surface area contributed by atoms with Gasteiger partial charge < -0.3 is 0 Å². The number of alkyl halides is 1. The maximum atomic E-state index is 11.9. The van der Waals surface area contributed by atoms with Crippen LogP contribution in [-0.2, 0) is 4.79 Å². The first kappa shape index (κ1) is 8.55. The number of hydrogen-bond acceptors (Lipinski definition) is 1. The first-order chi connectivity index (χ1) is 5.39. The van der Waals surface area contributed by atoms with Gasteiger partial charge in [0.05, 0.1) is 0 Å². The van der Waals surface area contributed by atoms with Crippen LogP contribution in [0.15, 0.2) is 0 Å². The molecule has 68 valence electrons. The Labute approximate surface area is 78.5 Å². The molecule has 0 aliphatic heterocycles. The first-order valence-electron chi connectivity index (χ1n) is 4.58. The minimum atomic E-state index is -0.213. The highest BCUT2D eigenvalue weighted by atomic mass is 35.5. The molecule has 12 heavy (non-hydrogen) atoms. The second-order valence-corrected chi connectivity index (χ2v) is 5.60. The zero-order valence-corrected chi connectivity index (χ0v) is 8.61. The lowest BCUT2D eigenvalue weighted by atomic mass is 9.71. The van der Waals surface area contributed by atoms with Gasteiger partial charge in [-0.25, -0.2) is 0 Å². The van der Waals surface area contributed by atoms with Crippen molar-refractivity contribution in [2.24, 2.45) is 16.7 Å². The Morgan fingerprint density at radius 1 is 1.42 bits per heavy atom. The van der Waals surface area contributed by atoms with Gasteiger partial charge in [-0.2, -0.15) is 0 Å². The van der Waals surface area contributed by atoms with Crippen LogP contribution in [0.5, 0.6) is 0 Å². The molecule has 2 aliphatic rings. The topological polar surface area (TPSA) is 17.1 Å². The average molecular weight is 187 g/mol. The van der Waals surface area contributed by atoms with Crippen molar-refractivity contribution >= 4 is 17.4 Å². The summed E-state index contributed by atoms with van der Waals surface area (Å²) in [4.78, 5) is 11.9. The van der Waals surface area contributed by atoms with Crippen molar-refractivity contribution in [2.45, 2.75) is 39.0 Å². The predicted octanol–water partition coefficient (Wildman–Crippen LogP) is 2.62.